The highest BCUT2D eigenvalue weighted by molar-refractivity contribution is 5.76. The monoisotopic (exact) mass is 325 g/mol. The van der Waals surface area contributed by atoms with Crippen LogP contribution in [0.15, 0.2) is 41.3 Å². The average molecular weight is 325 g/mol. The summed E-state index contributed by atoms with van der Waals surface area (Å²) >= 11 is 0. The fraction of sp³-hybridized carbons (Fsp3) is 0.353. The van der Waals surface area contributed by atoms with E-state index in [0.29, 0.717) is 22.9 Å². The Kier molecular flexibility index (Phi) is 3.57. The highest BCUT2D eigenvalue weighted by Crippen LogP contribution is 2.28. The van der Waals surface area contributed by atoms with Gasteiger partial charge in [0.25, 0.3) is 5.56 Å². The van der Waals surface area contributed by atoms with Crippen molar-refractivity contribution in [2.24, 2.45) is 5.92 Å². The van der Waals surface area contributed by atoms with Crippen molar-refractivity contribution in [2.75, 3.05) is 18.5 Å². The number of fused-ring (bicyclic) bond motifs is 1. The maximum absolute atomic E-state index is 12.4. The molecule has 3 aromatic rings. The standard InChI is InChI=1S/C17H19N5O2/c1-21(10-11-7-13(23)8-11)17-19-15-14(16(24)20-17)9-18-22(15)12-5-3-2-4-6-12/h2-6,9,11,13,23H,7-8,10H2,1H3,(H,19,20,24). The van der Waals surface area contributed by atoms with E-state index in [0.717, 1.165) is 25.1 Å². The second kappa shape index (κ2) is 5.76. The van der Waals surface area contributed by atoms with Crippen LogP contribution in [0.2, 0.25) is 0 Å². The quantitative estimate of drug-likeness (QED) is 0.755. The molecule has 0 saturated heterocycles. The molecular weight excluding hydrogens is 306 g/mol. The van der Waals surface area contributed by atoms with Crippen LogP contribution in [0.3, 0.4) is 0 Å². The number of nitrogens with zero attached hydrogens (tertiary/aromatic N) is 4. The van der Waals surface area contributed by atoms with Crippen molar-refractivity contribution in [2.45, 2.75) is 18.9 Å². The molecule has 0 amide bonds. The number of rotatable bonds is 4. The number of aliphatic hydroxyl groups excluding tert-OH is 1. The Labute approximate surface area is 138 Å². The SMILES string of the molecule is CN(CC1CC(O)C1)c1nc2c(cnn2-c2ccccc2)c(=O)[nH]1. The molecule has 24 heavy (non-hydrogen) atoms. The van der Waals surface area contributed by atoms with Gasteiger partial charge in [0.15, 0.2) is 5.65 Å². The second-order valence-corrected chi connectivity index (χ2v) is 6.39. The van der Waals surface area contributed by atoms with Gasteiger partial charge in [0.05, 0.1) is 18.0 Å². The number of nitrogens with one attached hydrogen (secondary N) is 1. The maximum Gasteiger partial charge on any atom is 0.263 e. The molecule has 1 fully saturated rings. The first-order valence-corrected chi connectivity index (χ1v) is 8.04. The van der Waals surface area contributed by atoms with Crippen molar-refractivity contribution >= 4 is 17.0 Å². The number of benzene rings is 1. The van der Waals surface area contributed by atoms with Crippen LogP contribution in [-0.2, 0) is 0 Å². The molecule has 2 N–H and O–H groups in total. The summed E-state index contributed by atoms with van der Waals surface area (Å²) in [5.41, 5.74) is 1.21. The summed E-state index contributed by atoms with van der Waals surface area (Å²) in [5, 5.41) is 14.2. The van der Waals surface area contributed by atoms with Crippen LogP contribution in [0.5, 0.6) is 0 Å². The van der Waals surface area contributed by atoms with Crippen molar-refractivity contribution < 1.29 is 5.11 Å². The van der Waals surface area contributed by atoms with Gasteiger partial charge in [-0.25, -0.2) is 4.68 Å². The predicted octanol–water partition coefficient (Wildman–Crippen LogP) is 1.32. The minimum atomic E-state index is -0.197. The molecule has 2 heterocycles. The number of hydrogen-bond donors (Lipinski definition) is 2. The van der Waals surface area contributed by atoms with Crippen LogP contribution < -0.4 is 10.5 Å². The Bertz CT molecular complexity index is 912. The first-order valence-electron chi connectivity index (χ1n) is 8.04. The summed E-state index contributed by atoms with van der Waals surface area (Å²) in [6, 6.07) is 9.63. The van der Waals surface area contributed by atoms with Gasteiger partial charge < -0.3 is 10.0 Å². The van der Waals surface area contributed by atoms with Gasteiger partial charge in [-0.3, -0.25) is 9.78 Å². The molecule has 0 atom stereocenters. The predicted molar refractivity (Wildman–Crippen MR) is 91.5 cm³/mol. The first kappa shape index (κ1) is 14.9. The van der Waals surface area contributed by atoms with Gasteiger partial charge in [0.2, 0.25) is 5.95 Å². The van der Waals surface area contributed by atoms with Crippen molar-refractivity contribution in [3.63, 3.8) is 0 Å². The molecule has 1 aliphatic carbocycles. The molecule has 124 valence electrons. The zero-order valence-corrected chi connectivity index (χ0v) is 13.4. The first-order chi connectivity index (χ1) is 11.6. The fourth-order valence-corrected chi connectivity index (χ4v) is 3.17. The third-order valence-electron chi connectivity index (χ3n) is 4.53. The molecule has 0 spiro atoms. The molecule has 2 aromatic heterocycles. The lowest BCUT2D eigenvalue weighted by Crippen LogP contribution is -2.38. The number of hydrogen-bond acceptors (Lipinski definition) is 5. The van der Waals surface area contributed by atoms with Gasteiger partial charge in [-0.15, -0.1) is 0 Å². The highest BCUT2D eigenvalue weighted by Gasteiger charge is 2.28. The summed E-state index contributed by atoms with van der Waals surface area (Å²) < 4.78 is 1.68. The third-order valence-corrected chi connectivity index (χ3v) is 4.53. The number of aliphatic hydroxyl groups is 1. The van der Waals surface area contributed by atoms with E-state index in [9.17, 15) is 9.90 Å². The van der Waals surface area contributed by atoms with E-state index < -0.39 is 0 Å². The van der Waals surface area contributed by atoms with Crippen LogP contribution in [0.4, 0.5) is 5.95 Å². The molecule has 1 saturated carbocycles. The van der Waals surface area contributed by atoms with Crippen LogP contribution in [0, 0.1) is 5.92 Å². The Hall–Kier alpha value is -2.67. The summed E-state index contributed by atoms with van der Waals surface area (Å²) in [4.78, 5) is 21.7. The lowest BCUT2D eigenvalue weighted by Gasteiger charge is -2.34. The smallest absolute Gasteiger partial charge is 0.263 e. The molecule has 4 rings (SSSR count). The van der Waals surface area contributed by atoms with Crippen LogP contribution >= 0.6 is 0 Å². The van der Waals surface area contributed by atoms with Gasteiger partial charge in [0.1, 0.15) is 5.39 Å². The molecule has 0 bridgehead atoms. The average Bonchev–Trinajstić information content (AvgIpc) is 2.98. The molecule has 1 aliphatic rings. The summed E-state index contributed by atoms with van der Waals surface area (Å²) in [5.74, 6) is 0.955. The van der Waals surface area contributed by atoms with Gasteiger partial charge in [-0.05, 0) is 30.9 Å². The fourth-order valence-electron chi connectivity index (χ4n) is 3.17. The van der Waals surface area contributed by atoms with E-state index in [1.165, 1.54) is 0 Å². The van der Waals surface area contributed by atoms with Crippen LogP contribution in [-0.4, -0.2) is 44.6 Å². The topological polar surface area (TPSA) is 87.0 Å². The minimum absolute atomic E-state index is 0.183. The van der Waals surface area contributed by atoms with Gasteiger partial charge in [0, 0.05) is 13.6 Å². The Balaban J connectivity index is 1.71. The molecule has 0 unspecified atom stereocenters. The summed E-state index contributed by atoms with van der Waals surface area (Å²) in [7, 11) is 1.90. The number of H-pyrrole nitrogens is 1. The molecule has 7 nitrogen and oxygen atoms in total. The summed E-state index contributed by atoms with van der Waals surface area (Å²) in [6.45, 7) is 0.755. The normalized spacial score (nSPS) is 20.1. The van der Waals surface area contributed by atoms with E-state index >= 15 is 0 Å². The van der Waals surface area contributed by atoms with E-state index in [4.69, 9.17) is 0 Å². The lowest BCUT2D eigenvalue weighted by atomic mass is 9.82. The highest BCUT2D eigenvalue weighted by atomic mass is 16.3. The number of aromatic amines is 1. The molecule has 0 aliphatic heterocycles. The molecule has 1 aromatic carbocycles. The zero-order chi connectivity index (χ0) is 16.7. The van der Waals surface area contributed by atoms with Crippen LogP contribution in [0.1, 0.15) is 12.8 Å². The van der Waals surface area contributed by atoms with Gasteiger partial charge in [-0.2, -0.15) is 10.1 Å². The van der Waals surface area contributed by atoms with E-state index in [-0.39, 0.29) is 11.7 Å². The van der Waals surface area contributed by atoms with Crippen molar-refractivity contribution in [1.29, 1.82) is 0 Å². The van der Waals surface area contributed by atoms with Crippen molar-refractivity contribution in [3.05, 3.63) is 46.9 Å². The van der Waals surface area contributed by atoms with E-state index in [1.54, 1.807) is 10.9 Å². The number of anilines is 1. The van der Waals surface area contributed by atoms with E-state index in [1.807, 2.05) is 42.3 Å². The Morgan fingerprint density at radius 3 is 2.79 bits per heavy atom. The Morgan fingerprint density at radius 1 is 1.33 bits per heavy atom. The largest absolute Gasteiger partial charge is 0.393 e. The number of para-hydroxylation sites is 1. The van der Waals surface area contributed by atoms with Crippen LogP contribution in [0.25, 0.3) is 16.7 Å². The molecular formula is C17H19N5O2. The maximum atomic E-state index is 12.4. The molecule has 7 heteroatoms. The summed E-state index contributed by atoms with van der Waals surface area (Å²) in [6.07, 6.45) is 2.97. The van der Waals surface area contributed by atoms with Gasteiger partial charge >= 0.3 is 0 Å². The molecule has 0 radical (unpaired) electrons. The Morgan fingerprint density at radius 2 is 2.08 bits per heavy atom. The third kappa shape index (κ3) is 2.56. The number of aromatic nitrogens is 4. The van der Waals surface area contributed by atoms with Gasteiger partial charge in [-0.1, -0.05) is 18.2 Å². The minimum Gasteiger partial charge on any atom is -0.393 e. The van der Waals surface area contributed by atoms with Crippen molar-refractivity contribution in [1.82, 2.24) is 19.7 Å². The second-order valence-electron chi connectivity index (χ2n) is 6.39. The lowest BCUT2D eigenvalue weighted by molar-refractivity contribution is 0.0463. The van der Waals surface area contributed by atoms with E-state index in [2.05, 4.69) is 15.1 Å². The zero-order valence-electron chi connectivity index (χ0n) is 13.4. The van der Waals surface area contributed by atoms with Crippen molar-refractivity contribution in [3.8, 4) is 5.69 Å².